The number of fused-ring (bicyclic) bond motifs is 3. The number of pyridine rings is 2. The van der Waals surface area contributed by atoms with E-state index in [1.165, 1.54) is 25.3 Å². The summed E-state index contributed by atoms with van der Waals surface area (Å²) in [7, 11) is -3.35. The zero-order valence-electron chi connectivity index (χ0n) is 16.4. The van der Waals surface area contributed by atoms with Crippen LogP contribution in [0.3, 0.4) is 0 Å². The summed E-state index contributed by atoms with van der Waals surface area (Å²) in [6.45, 7) is 1.93. The number of anilines is 3. The SMILES string of the molecule is Cc1cc(Nc2cc3ncc(S(C)(=O)=O)cc3c(NC3CC4CC(C4)C3)n2)n[nH]1. The average molecular weight is 413 g/mol. The quantitative estimate of drug-likeness (QED) is 0.588. The highest BCUT2D eigenvalue weighted by atomic mass is 32.2. The first-order valence-electron chi connectivity index (χ1n) is 9.90. The van der Waals surface area contributed by atoms with Crippen molar-refractivity contribution in [3.05, 3.63) is 30.1 Å². The van der Waals surface area contributed by atoms with Crippen molar-refractivity contribution < 1.29 is 8.42 Å². The summed E-state index contributed by atoms with van der Waals surface area (Å²) < 4.78 is 24.1. The van der Waals surface area contributed by atoms with Gasteiger partial charge in [-0.3, -0.25) is 10.1 Å². The first-order chi connectivity index (χ1) is 13.8. The van der Waals surface area contributed by atoms with Crippen LogP contribution in [0.2, 0.25) is 0 Å². The van der Waals surface area contributed by atoms with Crippen molar-refractivity contribution in [2.75, 3.05) is 16.9 Å². The molecule has 9 heteroatoms. The highest BCUT2D eigenvalue weighted by Gasteiger charge is 2.38. The molecule has 3 aromatic rings. The van der Waals surface area contributed by atoms with Gasteiger partial charge in [0, 0.05) is 41.7 Å². The summed E-state index contributed by atoms with van der Waals surface area (Å²) >= 11 is 0. The molecule has 0 aliphatic heterocycles. The van der Waals surface area contributed by atoms with Crippen LogP contribution in [0.1, 0.15) is 31.4 Å². The second-order valence-corrected chi connectivity index (χ2v) is 10.5. The third kappa shape index (κ3) is 3.66. The predicted octanol–water partition coefficient (Wildman–Crippen LogP) is 3.41. The van der Waals surface area contributed by atoms with Gasteiger partial charge in [0.25, 0.3) is 0 Å². The highest BCUT2D eigenvalue weighted by molar-refractivity contribution is 7.90. The summed E-state index contributed by atoms with van der Waals surface area (Å²) in [5.41, 5.74) is 1.63. The molecule has 152 valence electrons. The zero-order valence-corrected chi connectivity index (χ0v) is 17.3. The van der Waals surface area contributed by atoms with E-state index in [9.17, 15) is 8.42 Å². The molecule has 29 heavy (non-hydrogen) atoms. The number of hydrogen-bond donors (Lipinski definition) is 3. The molecule has 3 aliphatic rings. The number of H-pyrrole nitrogens is 1. The van der Waals surface area contributed by atoms with Crippen molar-refractivity contribution in [2.24, 2.45) is 11.8 Å². The fourth-order valence-electron chi connectivity index (χ4n) is 4.56. The van der Waals surface area contributed by atoms with Crippen molar-refractivity contribution in [1.82, 2.24) is 20.2 Å². The summed E-state index contributed by atoms with van der Waals surface area (Å²) in [6, 6.07) is 5.73. The largest absolute Gasteiger partial charge is 0.367 e. The van der Waals surface area contributed by atoms with Crippen LogP contribution in [-0.2, 0) is 9.84 Å². The number of nitrogens with zero attached hydrogens (tertiary/aromatic N) is 3. The lowest BCUT2D eigenvalue weighted by atomic mass is 9.63. The predicted molar refractivity (Wildman–Crippen MR) is 112 cm³/mol. The Morgan fingerprint density at radius 3 is 2.48 bits per heavy atom. The molecule has 3 fully saturated rings. The number of sulfone groups is 1. The molecule has 2 bridgehead atoms. The molecular formula is C20H24N6O2S. The third-order valence-corrected chi connectivity index (χ3v) is 7.03. The van der Waals surface area contributed by atoms with Crippen LogP contribution >= 0.6 is 0 Å². The molecule has 6 rings (SSSR count). The van der Waals surface area contributed by atoms with Crippen LogP contribution in [0.15, 0.2) is 29.3 Å². The van der Waals surface area contributed by atoms with Gasteiger partial charge in [-0.15, -0.1) is 0 Å². The Balaban J connectivity index is 1.55. The summed E-state index contributed by atoms with van der Waals surface area (Å²) in [4.78, 5) is 9.36. The summed E-state index contributed by atoms with van der Waals surface area (Å²) in [5, 5.41) is 14.6. The van der Waals surface area contributed by atoms with Gasteiger partial charge in [0.2, 0.25) is 0 Å². The fraction of sp³-hybridized carbons (Fsp3) is 0.450. The van der Waals surface area contributed by atoms with Crippen LogP contribution in [0.25, 0.3) is 10.9 Å². The molecule has 8 nitrogen and oxygen atoms in total. The van der Waals surface area contributed by atoms with E-state index in [1.807, 2.05) is 19.1 Å². The van der Waals surface area contributed by atoms with E-state index in [0.29, 0.717) is 29.0 Å². The molecule has 3 N–H and O–H groups in total. The first-order valence-corrected chi connectivity index (χ1v) is 11.8. The molecule has 0 atom stereocenters. The second-order valence-electron chi connectivity index (χ2n) is 8.44. The van der Waals surface area contributed by atoms with E-state index >= 15 is 0 Å². The normalized spacial score (nSPS) is 23.6. The third-order valence-electron chi connectivity index (χ3n) is 5.95. The molecule has 0 spiro atoms. The van der Waals surface area contributed by atoms with Crippen LogP contribution < -0.4 is 10.6 Å². The van der Waals surface area contributed by atoms with Crippen molar-refractivity contribution in [1.29, 1.82) is 0 Å². The van der Waals surface area contributed by atoms with Gasteiger partial charge in [0.1, 0.15) is 11.6 Å². The molecule has 3 heterocycles. The van der Waals surface area contributed by atoms with Crippen LogP contribution in [-0.4, -0.2) is 40.9 Å². The Hall–Kier alpha value is -2.68. The Labute approximate surface area is 169 Å². The average Bonchev–Trinajstić information content (AvgIpc) is 3.05. The molecule has 3 aromatic heterocycles. The maximum Gasteiger partial charge on any atom is 0.177 e. The summed E-state index contributed by atoms with van der Waals surface area (Å²) in [6.07, 6.45) is 7.54. The fourth-order valence-corrected chi connectivity index (χ4v) is 5.14. The maximum absolute atomic E-state index is 12.0. The van der Waals surface area contributed by atoms with Crippen LogP contribution in [0.4, 0.5) is 17.5 Å². The Kier molecular flexibility index (Phi) is 4.23. The van der Waals surface area contributed by atoms with Gasteiger partial charge in [-0.05, 0) is 50.5 Å². The standard InChI is InChI=1S/C20H24N6O2S/c1-11-3-19(26-25-11)23-18-9-17-16(8-15(10-21-17)29(2,27)28)20(24-18)22-14-6-12-4-13(5-12)7-14/h3,8-10,12-14H,4-7H2,1-2H3,(H3,22,23,24,25,26). The summed E-state index contributed by atoms with van der Waals surface area (Å²) in [5.74, 6) is 3.56. The first kappa shape index (κ1) is 18.4. The number of nitrogens with one attached hydrogen (secondary N) is 3. The minimum atomic E-state index is -3.35. The number of rotatable bonds is 5. The molecule has 0 saturated heterocycles. The molecule has 3 aliphatic carbocycles. The van der Waals surface area contributed by atoms with Gasteiger partial charge in [-0.1, -0.05) is 0 Å². The van der Waals surface area contributed by atoms with Gasteiger partial charge < -0.3 is 10.6 Å². The molecular weight excluding hydrogens is 388 g/mol. The monoisotopic (exact) mass is 412 g/mol. The number of aryl methyl sites for hydroxylation is 1. The van der Waals surface area contributed by atoms with E-state index in [-0.39, 0.29) is 4.90 Å². The van der Waals surface area contributed by atoms with Gasteiger partial charge in [0.15, 0.2) is 15.7 Å². The zero-order chi connectivity index (χ0) is 20.2. The highest BCUT2D eigenvalue weighted by Crippen LogP contribution is 2.46. The van der Waals surface area contributed by atoms with Gasteiger partial charge in [-0.2, -0.15) is 5.10 Å². The van der Waals surface area contributed by atoms with Crippen LogP contribution in [0.5, 0.6) is 0 Å². The number of aromatic nitrogens is 4. The van der Waals surface area contributed by atoms with Crippen LogP contribution in [0, 0.1) is 18.8 Å². The molecule has 0 unspecified atom stereocenters. The minimum Gasteiger partial charge on any atom is -0.367 e. The van der Waals surface area contributed by atoms with Crippen molar-refractivity contribution >= 4 is 38.2 Å². The minimum absolute atomic E-state index is 0.199. The smallest absolute Gasteiger partial charge is 0.177 e. The Morgan fingerprint density at radius 1 is 1.07 bits per heavy atom. The lowest BCUT2D eigenvalue weighted by molar-refractivity contribution is 0.105. The molecule has 0 radical (unpaired) electrons. The van der Waals surface area contributed by atoms with E-state index in [0.717, 1.165) is 35.8 Å². The molecule has 0 amide bonds. The molecule has 3 saturated carbocycles. The van der Waals surface area contributed by atoms with Crippen molar-refractivity contribution in [2.45, 2.75) is 43.5 Å². The van der Waals surface area contributed by atoms with Gasteiger partial charge in [-0.25, -0.2) is 13.4 Å². The molecule has 0 aromatic carbocycles. The van der Waals surface area contributed by atoms with E-state index in [1.54, 1.807) is 6.07 Å². The number of hydrogen-bond acceptors (Lipinski definition) is 7. The van der Waals surface area contributed by atoms with Crippen molar-refractivity contribution in [3.63, 3.8) is 0 Å². The van der Waals surface area contributed by atoms with Gasteiger partial charge in [0.05, 0.1) is 10.4 Å². The Bertz CT molecular complexity index is 1170. The van der Waals surface area contributed by atoms with Crippen molar-refractivity contribution in [3.8, 4) is 0 Å². The maximum atomic E-state index is 12.0. The Morgan fingerprint density at radius 2 is 1.83 bits per heavy atom. The second kappa shape index (κ2) is 6.69. The van der Waals surface area contributed by atoms with E-state index in [2.05, 4.69) is 25.8 Å². The van der Waals surface area contributed by atoms with E-state index in [4.69, 9.17) is 4.98 Å². The topological polar surface area (TPSA) is 113 Å². The van der Waals surface area contributed by atoms with Gasteiger partial charge >= 0.3 is 0 Å². The lowest BCUT2D eigenvalue weighted by Gasteiger charge is -2.45. The lowest BCUT2D eigenvalue weighted by Crippen LogP contribution is -2.40. The van der Waals surface area contributed by atoms with E-state index < -0.39 is 9.84 Å². The number of aromatic amines is 1.